The summed E-state index contributed by atoms with van der Waals surface area (Å²) in [6, 6.07) is 26.5. The van der Waals surface area contributed by atoms with E-state index >= 15 is 0 Å². The summed E-state index contributed by atoms with van der Waals surface area (Å²) >= 11 is 9.61. The van der Waals surface area contributed by atoms with Crippen molar-refractivity contribution in [2.24, 2.45) is 0 Å². The number of hydrogen-bond donors (Lipinski definition) is 1. The summed E-state index contributed by atoms with van der Waals surface area (Å²) in [6.07, 6.45) is 0. The second kappa shape index (κ2) is 10.1. The van der Waals surface area contributed by atoms with E-state index in [0.717, 1.165) is 19.6 Å². The Morgan fingerprint density at radius 2 is 1.55 bits per heavy atom. The number of fused-ring (bicyclic) bond motifs is 1. The molecule has 0 saturated heterocycles. The summed E-state index contributed by atoms with van der Waals surface area (Å²) in [5.41, 5.74) is 1.23. The minimum atomic E-state index is -3.97. The molecule has 0 bridgehead atoms. The molecule has 0 aliphatic carbocycles. The molecule has 0 spiro atoms. The number of hydrogen-bond acceptors (Lipinski definition) is 3. The van der Waals surface area contributed by atoms with E-state index in [0.29, 0.717) is 16.3 Å². The summed E-state index contributed by atoms with van der Waals surface area (Å²) in [5.74, 6) is -0.445. The first kappa shape index (κ1) is 23.4. The highest BCUT2D eigenvalue weighted by Crippen LogP contribution is 2.25. The first-order valence-electron chi connectivity index (χ1n) is 10.1. The molecular weight excluding hydrogens is 524 g/mol. The fraction of sp³-hybridized carbons (Fsp3) is 0.0800. The number of carbonyl (C=O) groups is 1. The summed E-state index contributed by atoms with van der Waals surface area (Å²) in [6.45, 7) is -0.409. The molecule has 168 valence electrons. The molecule has 1 N–H and O–H groups in total. The highest BCUT2D eigenvalue weighted by Gasteiger charge is 2.27. The molecule has 8 heteroatoms. The van der Waals surface area contributed by atoms with Crippen molar-refractivity contribution in [3.8, 4) is 0 Å². The number of nitrogens with one attached hydrogen (secondary N) is 1. The van der Waals surface area contributed by atoms with Crippen LogP contribution in [0.3, 0.4) is 0 Å². The molecule has 0 unspecified atom stereocenters. The van der Waals surface area contributed by atoms with Crippen molar-refractivity contribution in [2.75, 3.05) is 11.9 Å². The highest BCUT2D eigenvalue weighted by molar-refractivity contribution is 9.10. The van der Waals surface area contributed by atoms with Gasteiger partial charge < -0.3 is 5.32 Å². The standard InChI is InChI=1S/C25H20BrClN2O3S/c26-20-12-14-21(15-13-20)33(31,32)29(16-19-7-2-4-10-23(19)27)17-25(30)28-24-11-5-8-18-6-1-3-9-22(18)24/h1-15H,16-17H2,(H,28,30). The Morgan fingerprint density at radius 3 is 2.30 bits per heavy atom. The number of nitrogens with zero attached hydrogens (tertiary/aromatic N) is 1. The predicted octanol–water partition coefficient (Wildman–Crippen LogP) is 6.09. The molecule has 5 nitrogen and oxygen atoms in total. The smallest absolute Gasteiger partial charge is 0.243 e. The first-order valence-corrected chi connectivity index (χ1v) is 12.7. The molecular formula is C25H20BrClN2O3S. The lowest BCUT2D eigenvalue weighted by Crippen LogP contribution is -2.37. The van der Waals surface area contributed by atoms with Gasteiger partial charge in [-0.3, -0.25) is 4.79 Å². The first-order chi connectivity index (χ1) is 15.8. The van der Waals surface area contributed by atoms with E-state index in [9.17, 15) is 13.2 Å². The van der Waals surface area contributed by atoms with E-state index in [1.54, 1.807) is 42.5 Å². The number of sulfonamides is 1. The Bertz CT molecular complexity index is 1400. The number of benzene rings is 4. The zero-order chi connectivity index (χ0) is 23.4. The Labute approximate surface area is 206 Å². The van der Waals surface area contributed by atoms with E-state index in [1.807, 2.05) is 36.4 Å². The lowest BCUT2D eigenvalue weighted by molar-refractivity contribution is -0.116. The summed E-state index contributed by atoms with van der Waals surface area (Å²) in [7, 11) is -3.97. The molecule has 0 radical (unpaired) electrons. The van der Waals surface area contributed by atoms with Crippen LogP contribution in [0.4, 0.5) is 5.69 Å². The van der Waals surface area contributed by atoms with Gasteiger partial charge >= 0.3 is 0 Å². The molecule has 33 heavy (non-hydrogen) atoms. The second-order valence-corrected chi connectivity index (χ2v) is 10.7. The molecule has 0 fully saturated rings. The number of anilines is 1. The van der Waals surface area contributed by atoms with Crippen LogP contribution in [0.2, 0.25) is 5.02 Å². The van der Waals surface area contributed by atoms with Crippen molar-refractivity contribution in [3.63, 3.8) is 0 Å². The summed E-state index contributed by atoms with van der Waals surface area (Å²) in [5, 5.41) is 5.15. The van der Waals surface area contributed by atoms with Gasteiger partial charge in [0, 0.05) is 27.1 Å². The number of halogens is 2. The maximum absolute atomic E-state index is 13.4. The molecule has 0 saturated carbocycles. The number of carbonyl (C=O) groups excluding carboxylic acids is 1. The fourth-order valence-corrected chi connectivity index (χ4v) is 5.32. The van der Waals surface area contributed by atoms with Crippen LogP contribution in [0, 0.1) is 0 Å². The summed E-state index contributed by atoms with van der Waals surface area (Å²) < 4.78 is 28.8. The molecule has 4 rings (SSSR count). The Balaban J connectivity index is 1.64. The molecule has 4 aromatic carbocycles. The zero-order valence-corrected chi connectivity index (χ0v) is 20.6. The predicted molar refractivity (Wildman–Crippen MR) is 136 cm³/mol. The third kappa shape index (κ3) is 5.45. The van der Waals surface area contributed by atoms with Gasteiger partial charge in [0.25, 0.3) is 0 Å². The van der Waals surface area contributed by atoms with Crippen molar-refractivity contribution < 1.29 is 13.2 Å². The number of rotatable bonds is 7. The molecule has 0 atom stereocenters. The maximum Gasteiger partial charge on any atom is 0.243 e. The lowest BCUT2D eigenvalue weighted by Gasteiger charge is -2.23. The zero-order valence-electron chi connectivity index (χ0n) is 17.4. The van der Waals surface area contributed by atoms with Crippen LogP contribution in [0.5, 0.6) is 0 Å². The topological polar surface area (TPSA) is 66.5 Å². The largest absolute Gasteiger partial charge is 0.324 e. The van der Waals surface area contributed by atoms with Gasteiger partial charge in [-0.05, 0) is 47.3 Å². The third-order valence-corrected chi connectivity index (χ3v) is 7.84. The van der Waals surface area contributed by atoms with E-state index in [1.165, 1.54) is 12.1 Å². The fourth-order valence-electron chi connectivity index (χ4n) is 3.48. The van der Waals surface area contributed by atoms with Gasteiger partial charge in [-0.15, -0.1) is 0 Å². The quantitative estimate of drug-likeness (QED) is 0.307. The van der Waals surface area contributed by atoms with Crippen molar-refractivity contribution in [1.29, 1.82) is 0 Å². The van der Waals surface area contributed by atoms with Crippen molar-refractivity contribution in [1.82, 2.24) is 4.31 Å². The SMILES string of the molecule is O=C(CN(Cc1ccccc1Cl)S(=O)(=O)c1ccc(Br)cc1)Nc1cccc2ccccc12. The Kier molecular flexibility index (Phi) is 7.14. The number of amides is 1. The summed E-state index contributed by atoms with van der Waals surface area (Å²) in [4.78, 5) is 13.1. The van der Waals surface area contributed by atoms with Crippen molar-refractivity contribution in [2.45, 2.75) is 11.4 Å². The average molecular weight is 544 g/mol. The van der Waals surface area contributed by atoms with Crippen LogP contribution in [0.15, 0.2) is 100 Å². The van der Waals surface area contributed by atoms with Gasteiger partial charge in [0.05, 0.1) is 11.4 Å². The normalized spacial score (nSPS) is 11.6. The molecule has 0 aromatic heterocycles. The van der Waals surface area contributed by atoms with Crippen LogP contribution < -0.4 is 5.32 Å². The second-order valence-electron chi connectivity index (χ2n) is 7.39. The van der Waals surface area contributed by atoms with E-state index in [4.69, 9.17) is 11.6 Å². The maximum atomic E-state index is 13.4. The van der Waals surface area contributed by atoms with E-state index in [2.05, 4.69) is 21.2 Å². The van der Waals surface area contributed by atoms with E-state index < -0.39 is 15.9 Å². The van der Waals surface area contributed by atoms with Gasteiger partial charge in [0.1, 0.15) is 0 Å². The highest BCUT2D eigenvalue weighted by atomic mass is 79.9. The van der Waals surface area contributed by atoms with Crippen LogP contribution in [-0.4, -0.2) is 25.2 Å². The van der Waals surface area contributed by atoms with E-state index in [-0.39, 0.29) is 18.0 Å². The Hall–Kier alpha value is -2.71. The molecule has 1 amide bonds. The molecule has 0 aliphatic rings. The third-order valence-electron chi connectivity index (χ3n) is 5.14. The van der Waals surface area contributed by atoms with Gasteiger partial charge in [-0.2, -0.15) is 4.31 Å². The van der Waals surface area contributed by atoms with Gasteiger partial charge in [0.15, 0.2) is 0 Å². The molecule has 0 heterocycles. The average Bonchev–Trinajstić information content (AvgIpc) is 2.80. The molecule has 4 aromatic rings. The lowest BCUT2D eigenvalue weighted by atomic mass is 10.1. The van der Waals surface area contributed by atoms with Gasteiger partial charge in [-0.1, -0.05) is 82.1 Å². The monoisotopic (exact) mass is 542 g/mol. The minimum Gasteiger partial charge on any atom is -0.324 e. The van der Waals surface area contributed by atoms with Crippen molar-refractivity contribution in [3.05, 3.63) is 106 Å². The minimum absolute atomic E-state index is 0.0406. The van der Waals surface area contributed by atoms with Crippen molar-refractivity contribution >= 4 is 59.9 Å². The van der Waals surface area contributed by atoms with Crippen LogP contribution in [0.1, 0.15) is 5.56 Å². The van der Waals surface area contributed by atoms with Gasteiger partial charge in [-0.25, -0.2) is 8.42 Å². The Morgan fingerprint density at radius 1 is 0.879 bits per heavy atom. The van der Waals surface area contributed by atoms with Crippen LogP contribution in [0.25, 0.3) is 10.8 Å². The van der Waals surface area contributed by atoms with Crippen LogP contribution in [-0.2, 0) is 21.4 Å². The van der Waals surface area contributed by atoms with Crippen LogP contribution >= 0.6 is 27.5 Å². The molecule has 0 aliphatic heterocycles. The van der Waals surface area contributed by atoms with Gasteiger partial charge in [0.2, 0.25) is 15.9 Å².